The Balaban J connectivity index is 2.25. The van der Waals surface area contributed by atoms with Gasteiger partial charge in [0, 0.05) is 42.6 Å². The Hall–Kier alpha value is -1.42. The van der Waals surface area contributed by atoms with Crippen LogP contribution in [0.3, 0.4) is 0 Å². The van der Waals surface area contributed by atoms with Gasteiger partial charge in [0.1, 0.15) is 0 Å². The van der Waals surface area contributed by atoms with Crippen LogP contribution in [-0.2, 0) is 0 Å². The first kappa shape index (κ1) is 14.0. The van der Waals surface area contributed by atoms with E-state index in [1.54, 1.807) is 24.5 Å². The molecule has 1 saturated heterocycles. The molecule has 0 aliphatic carbocycles. The zero-order chi connectivity index (χ0) is 14.0. The molecule has 4 nitrogen and oxygen atoms in total. The average Bonchev–Trinajstić information content (AvgIpc) is 2.37. The van der Waals surface area contributed by atoms with Crippen molar-refractivity contribution in [1.82, 2.24) is 15.2 Å². The Morgan fingerprint density at radius 2 is 2.05 bits per heavy atom. The van der Waals surface area contributed by atoms with Crippen LogP contribution >= 0.6 is 0 Å². The number of nitrogens with one attached hydrogen (secondary N) is 1. The summed E-state index contributed by atoms with van der Waals surface area (Å²) in [7, 11) is 0. The third-order valence-electron chi connectivity index (χ3n) is 3.71. The fraction of sp³-hybridized carbons (Fsp3) is 0.600. The number of pyridine rings is 1. The van der Waals surface area contributed by atoms with Crippen LogP contribution in [0.4, 0.5) is 0 Å². The van der Waals surface area contributed by atoms with Crippen LogP contribution < -0.4 is 5.32 Å². The van der Waals surface area contributed by atoms with Crippen molar-refractivity contribution in [3.8, 4) is 0 Å². The maximum Gasteiger partial charge on any atom is 0.254 e. The van der Waals surface area contributed by atoms with Crippen molar-refractivity contribution in [2.24, 2.45) is 5.92 Å². The largest absolute Gasteiger partial charge is 0.332 e. The molecule has 19 heavy (non-hydrogen) atoms. The van der Waals surface area contributed by atoms with Crippen molar-refractivity contribution in [3.05, 3.63) is 30.1 Å². The van der Waals surface area contributed by atoms with E-state index in [1.165, 1.54) is 0 Å². The van der Waals surface area contributed by atoms with Gasteiger partial charge in [-0.05, 0) is 31.9 Å². The molecular weight excluding hydrogens is 238 g/mol. The molecule has 0 saturated carbocycles. The Morgan fingerprint density at radius 1 is 1.42 bits per heavy atom. The van der Waals surface area contributed by atoms with Crippen molar-refractivity contribution in [1.29, 1.82) is 0 Å². The molecule has 1 fully saturated rings. The summed E-state index contributed by atoms with van der Waals surface area (Å²) in [5.74, 6) is 0.546. The monoisotopic (exact) mass is 261 g/mol. The molecule has 1 aromatic heterocycles. The van der Waals surface area contributed by atoms with Crippen LogP contribution in [0.5, 0.6) is 0 Å². The zero-order valence-corrected chi connectivity index (χ0v) is 12.2. The van der Waals surface area contributed by atoms with Gasteiger partial charge in [-0.25, -0.2) is 0 Å². The normalized spacial score (nSPS) is 22.6. The number of hydrogen-bond donors (Lipinski definition) is 1. The van der Waals surface area contributed by atoms with E-state index in [0.29, 0.717) is 5.92 Å². The molecule has 2 rings (SSSR count). The van der Waals surface area contributed by atoms with Gasteiger partial charge in [-0.1, -0.05) is 13.8 Å². The van der Waals surface area contributed by atoms with Crippen molar-refractivity contribution in [3.63, 3.8) is 0 Å². The predicted octanol–water partition coefficient (Wildman–Crippen LogP) is 1.93. The lowest BCUT2D eigenvalue weighted by Gasteiger charge is -2.46. The fourth-order valence-corrected chi connectivity index (χ4v) is 2.57. The molecule has 1 atom stereocenters. The summed E-state index contributed by atoms with van der Waals surface area (Å²) in [5.41, 5.74) is 0.687. The lowest BCUT2D eigenvalue weighted by molar-refractivity contribution is 0.0417. The second kappa shape index (κ2) is 5.29. The number of nitrogens with zero attached hydrogens (tertiary/aromatic N) is 2. The molecule has 0 radical (unpaired) electrons. The number of amides is 1. The number of aromatic nitrogens is 1. The summed E-state index contributed by atoms with van der Waals surface area (Å²) in [6.45, 7) is 10.2. The Kier molecular flexibility index (Phi) is 3.90. The maximum atomic E-state index is 12.7. The highest BCUT2D eigenvalue weighted by Crippen LogP contribution is 2.22. The number of carbonyl (C=O) groups excluding carboxylic acids is 1. The molecule has 1 unspecified atom stereocenters. The van der Waals surface area contributed by atoms with E-state index in [4.69, 9.17) is 0 Å². The standard InChI is InChI=1S/C15H23N3O/c1-11(2)13-9-17-15(3,4)10-18(13)14(19)12-5-7-16-8-6-12/h5-8,11,13,17H,9-10H2,1-4H3. The zero-order valence-electron chi connectivity index (χ0n) is 12.2. The van der Waals surface area contributed by atoms with Crippen LogP contribution in [0, 0.1) is 5.92 Å². The minimum Gasteiger partial charge on any atom is -0.332 e. The molecule has 1 N–H and O–H groups in total. The summed E-state index contributed by atoms with van der Waals surface area (Å²) < 4.78 is 0. The first-order valence-electron chi connectivity index (χ1n) is 6.87. The van der Waals surface area contributed by atoms with E-state index in [9.17, 15) is 4.79 Å². The second-order valence-electron chi connectivity index (χ2n) is 6.25. The van der Waals surface area contributed by atoms with Crippen molar-refractivity contribution in [2.45, 2.75) is 39.3 Å². The van der Waals surface area contributed by atoms with Crippen molar-refractivity contribution < 1.29 is 4.79 Å². The quantitative estimate of drug-likeness (QED) is 0.885. The molecule has 2 heterocycles. The number of carbonyl (C=O) groups is 1. The van der Waals surface area contributed by atoms with E-state index in [-0.39, 0.29) is 17.5 Å². The Morgan fingerprint density at radius 3 is 2.63 bits per heavy atom. The van der Waals surface area contributed by atoms with Crippen LogP contribution in [0.15, 0.2) is 24.5 Å². The molecule has 1 amide bonds. The molecule has 4 heteroatoms. The number of rotatable bonds is 2. The minimum absolute atomic E-state index is 0.0337. The van der Waals surface area contributed by atoms with Gasteiger partial charge in [0.05, 0.1) is 0 Å². The third kappa shape index (κ3) is 3.13. The highest BCUT2D eigenvalue weighted by atomic mass is 16.2. The molecule has 1 aliphatic rings. The molecule has 0 spiro atoms. The van der Waals surface area contributed by atoms with Gasteiger partial charge in [0.2, 0.25) is 0 Å². The van der Waals surface area contributed by atoms with Gasteiger partial charge in [0.25, 0.3) is 5.91 Å². The SMILES string of the molecule is CC(C)C1CNC(C)(C)CN1C(=O)c1ccncc1. The van der Waals surface area contributed by atoms with E-state index in [2.05, 4.69) is 38.0 Å². The van der Waals surface area contributed by atoms with Crippen LogP contribution in [0.1, 0.15) is 38.1 Å². The molecule has 1 aromatic rings. The Labute approximate surface area is 115 Å². The lowest BCUT2D eigenvalue weighted by Crippen LogP contribution is -2.64. The molecule has 0 aromatic carbocycles. The smallest absolute Gasteiger partial charge is 0.254 e. The predicted molar refractivity (Wildman–Crippen MR) is 76.0 cm³/mol. The van der Waals surface area contributed by atoms with Crippen LogP contribution in [0.2, 0.25) is 0 Å². The van der Waals surface area contributed by atoms with Gasteiger partial charge < -0.3 is 10.2 Å². The van der Waals surface area contributed by atoms with Crippen molar-refractivity contribution in [2.75, 3.05) is 13.1 Å². The number of piperazine rings is 1. The second-order valence-corrected chi connectivity index (χ2v) is 6.25. The van der Waals surface area contributed by atoms with Crippen molar-refractivity contribution >= 4 is 5.91 Å². The number of hydrogen-bond acceptors (Lipinski definition) is 3. The molecule has 0 bridgehead atoms. The lowest BCUT2D eigenvalue weighted by atomic mass is 9.92. The average molecular weight is 261 g/mol. The highest BCUT2D eigenvalue weighted by Gasteiger charge is 2.36. The summed E-state index contributed by atoms with van der Waals surface area (Å²) in [4.78, 5) is 18.7. The summed E-state index contributed by atoms with van der Waals surface area (Å²) in [6.07, 6.45) is 3.34. The van der Waals surface area contributed by atoms with Crippen LogP contribution in [0.25, 0.3) is 0 Å². The fourth-order valence-electron chi connectivity index (χ4n) is 2.57. The molecule has 104 valence electrons. The van der Waals surface area contributed by atoms with E-state index >= 15 is 0 Å². The van der Waals surface area contributed by atoms with Gasteiger partial charge >= 0.3 is 0 Å². The Bertz CT molecular complexity index is 442. The van der Waals surface area contributed by atoms with E-state index in [1.807, 2.05) is 4.90 Å². The maximum absolute atomic E-state index is 12.7. The van der Waals surface area contributed by atoms with Crippen LogP contribution in [-0.4, -0.2) is 40.5 Å². The highest BCUT2D eigenvalue weighted by molar-refractivity contribution is 5.94. The van der Waals surface area contributed by atoms with Gasteiger partial charge in [-0.15, -0.1) is 0 Å². The van der Waals surface area contributed by atoms with E-state index in [0.717, 1.165) is 18.7 Å². The molecular formula is C15H23N3O. The molecule has 1 aliphatic heterocycles. The van der Waals surface area contributed by atoms with Gasteiger partial charge in [0.15, 0.2) is 0 Å². The summed E-state index contributed by atoms with van der Waals surface area (Å²) in [6, 6.07) is 3.82. The van der Waals surface area contributed by atoms with E-state index < -0.39 is 0 Å². The first-order chi connectivity index (χ1) is 8.91. The topological polar surface area (TPSA) is 45.2 Å². The summed E-state index contributed by atoms with van der Waals surface area (Å²) in [5, 5.41) is 3.52. The first-order valence-corrected chi connectivity index (χ1v) is 6.87. The minimum atomic E-state index is -0.0337. The third-order valence-corrected chi connectivity index (χ3v) is 3.71. The summed E-state index contributed by atoms with van der Waals surface area (Å²) >= 11 is 0. The van der Waals surface area contributed by atoms with Gasteiger partial charge in [-0.2, -0.15) is 0 Å². The van der Waals surface area contributed by atoms with Gasteiger partial charge in [-0.3, -0.25) is 9.78 Å².